The maximum absolute atomic E-state index is 13.8. The minimum Gasteiger partial charge on any atom is -0.312 e. The highest BCUT2D eigenvalue weighted by atomic mass is 32.2. The Morgan fingerprint density at radius 3 is 2.59 bits per heavy atom. The number of hydrogen-bond acceptors (Lipinski definition) is 2. The Labute approximate surface area is 171 Å². The second-order valence-corrected chi connectivity index (χ2v) is 8.22. The molecule has 1 nitrogen and oxygen atoms in total. The summed E-state index contributed by atoms with van der Waals surface area (Å²) < 4.78 is 54.9. The molecule has 0 unspecified atom stereocenters. The smallest absolute Gasteiger partial charge is 0.312 e. The quantitative estimate of drug-likeness (QED) is 0.325. The van der Waals surface area contributed by atoms with Crippen LogP contribution in [0.25, 0.3) is 11.1 Å². The van der Waals surface area contributed by atoms with Crippen molar-refractivity contribution in [3.63, 3.8) is 0 Å². The van der Waals surface area contributed by atoms with Crippen LogP contribution in [-0.2, 0) is 12.6 Å². The number of fused-ring (bicyclic) bond motifs is 1. The third-order valence-electron chi connectivity index (χ3n) is 5.05. The van der Waals surface area contributed by atoms with Crippen LogP contribution in [0.5, 0.6) is 0 Å². The lowest BCUT2D eigenvalue weighted by molar-refractivity contribution is -0.137. The zero-order valence-corrected chi connectivity index (χ0v) is 16.6. The Kier molecular flexibility index (Phi) is 5.30. The van der Waals surface area contributed by atoms with Gasteiger partial charge in [0.15, 0.2) is 0 Å². The molecule has 3 aromatic rings. The molecule has 4 rings (SSSR count). The summed E-state index contributed by atoms with van der Waals surface area (Å²) >= 11 is 1.31. The third kappa shape index (κ3) is 4.27. The van der Waals surface area contributed by atoms with E-state index in [0.29, 0.717) is 4.90 Å². The van der Waals surface area contributed by atoms with Gasteiger partial charge in [-0.2, -0.15) is 13.2 Å². The molecule has 0 spiro atoms. The maximum atomic E-state index is 13.8. The van der Waals surface area contributed by atoms with Crippen molar-refractivity contribution in [3.05, 3.63) is 83.2 Å². The second kappa shape index (κ2) is 7.75. The van der Waals surface area contributed by atoms with Gasteiger partial charge in [0.1, 0.15) is 5.82 Å². The van der Waals surface area contributed by atoms with Gasteiger partial charge in [-0.15, -0.1) is 0 Å². The van der Waals surface area contributed by atoms with Crippen molar-refractivity contribution in [1.29, 1.82) is 0 Å². The number of alkyl halides is 3. The molecule has 0 atom stereocenters. The van der Waals surface area contributed by atoms with Crippen LogP contribution in [-0.4, -0.2) is 6.54 Å². The van der Waals surface area contributed by atoms with Crippen LogP contribution >= 0.6 is 11.9 Å². The molecule has 0 saturated heterocycles. The number of rotatable bonds is 3. The van der Waals surface area contributed by atoms with Gasteiger partial charge in [0.2, 0.25) is 0 Å². The van der Waals surface area contributed by atoms with E-state index in [1.165, 1.54) is 36.2 Å². The molecule has 0 saturated carbocycles. The van der Waals surface area contributed by atoms with Crippen molar-refractivity contribution in [2.75, 3.05) is 10.8 Å². The molecule has 0 fully saturated rings. The zero-order valence-electron chi connectivity index (χ0n) is 15.8. The van der Waals surface area contributed by atoms with Crippen molar-refractivity contribution in [3.8, 4) is 11.1 Å². The van der Waals surface area contributed by atoms with Crippen LogP contribution in [0.2, 0.25) is 0 Å². The average molecular weight is 417 g/mol. The number of anilines is 1. The normalized spacial score (nSPS) is 14.0. The largest absolute Gasteiger partial charge is 0.416 e. The SMILES string of the molecule is Cc1ccc(F)cc1-c1ccc2c(c1)N(Sc1cccc(C(F)(F)F)c1)CCC2. The number of nitrogens with zero attached hydrogens (tertiary/aromatic N) is 1. The lowest BCUT2D eigenvalue weighted by atomic mass is 9.95. The van der Waals surface area contributed by atoms with Crippen LogP contribution in [0, 0.1) is 12.7 Å². The van der Waals surface area contributed by atoms with Crippen LogP contribution in [0.1, 0.15) is 23.1 Å². The highest BCUT2D eigenvalue weighted by Crippen LogP contribution is 2.40. The minimum atomic E-state index is -4.36. The molecule has 0 bridgehead atoms. The lowest BCUT2D eigenvalue weighted by Gasteiger charge is -2.30. The van der Waals surface area contributed by atoms with Crippen molar-refractivity contribution in [2.45, 2.75) is 30.8 Å². The molecule has 0 aromatic heterocycles. The van der Waals surface area contributed by atoms with E-state index in [1.54, 1.807) is 12.1 Å². The van der Waals surface area contributed by atoms with Crippen LogP contribution < -0.4 is 4.31 Å². The number of aryl methyl sites for hydroxylation is 2. The van der Waals surface area contributed by atoms with Crippen molar-refractivity contribution >= 4 is 17.6 Å². The Morgan fingerprint density at radius 2 is 1.79 bits per heavy atom. The van der Waals surface area contributed by atoms with E-state index in [1.807, 2.05) is 29.4 Å². The highest BCUT2D eigenvalue weighted by Gasteiger charge is 2.30. The monoisotopic (exact) mass is 417 g/mol. The van der Waals surface area contributed by atoms with E-state index >= 15 is 0 Å². The Morgan fingerprint density at radius 1 is 0.966 bits per heavy atom. The standard InChI is InChI=1S/C23H19F4NS/c1-15-7-10-19(24)14-21(15)17-9-8-16-4-3-11-28(22(16)12-17)29-20-6-2-5-18(13-20)23(25,26)27/h2,5-10,12-14H,3-4,11H2,1H3. The second-order valence-electron chi connectivity index (χ2n) is 7.13. The Balaban J connectivity index is 1.68. The molecular formula is C23H19F4NS. The van der Waals surface area contributed by atoms with Gasteiger partial charge in [0.25, 0.3) is 0 Å². The molecule has 0 radical (unpaired) electrons. The summed E-state index contributed by atoms with van der Waals surface area (Å²) in [6.45, 7) is 2.67. The topological polar surface area (TPSA) is 3.24 Å². The third-order valence-corrected chi connectivity index (χ3v) is 6.11. The molecule has 1 aliphatic heterocycles. The fourth-order valence-electron chi connectivity index (χ4n) is 3.57. The summed E-state index contributed by atoms with van der Waals surface area (Å²) in [5.41, 5.74) is 4.16. The van der Waals surface area contributed by atoms with Crippen molar-refractivity contribution < 1.29 is 17.6 Å². The summed E-state index contributed by atoms with van der Waals surface area (Å²) in [6.07, 6.45) is -2.52. The van der Waals surface area contributed by atoms with Crippen molar-refractivity contribution in [1.82, 2.24) is 0 Å². The fraction of sp³-hybridized carbons (Fsp3) is 0.217. The van der Waals surface area contributed by atoms with E-state index in [9.17, 15) is 17.6 Å². The number of benzene rings is 3. The molecule has 6 heteroatoms. The number of hydrogen-bond donors (Lipinski definition) is 0. The summed E-state index contributed by atoms with van der Waals surface area (Å²) in [7, 11) is 0. The summed E-state index contributed by atoms with van der Waals surface area (Å²) in [6, 6.07) is 16.1. The van der Waals surface area contributed by atoms with Crippen molar-refractivity contribution in [2.24, 2.45) is 0 Å². The first-order valence-electron chi connectivity index (χ1n) is 9.33. The van der Waals surface area contributed by atoms with E-state index in [-0.39, 0.29) is 5.82 Å². The number of halogens is 4. The maximum Gasteiger partial charge on any atom is 0.416 e. The van der Waals surface area contributed by atoms with E-state index < -0.39 is 11.7 Å². The molecular weight excluding hydrogens is 398 g/mol. The molecule has 3 aromatic carbocycles. The Hall–Kier alpha value is -2.47. The van der Waals surface area contributed by atoms with Gasteiger partial charge >= 0.3 is 6.18 Å². The van der Waals surface area contributed by atoms with Gasteiger partial charge < -0.3 is 4.31 Å². The Bertz CT molecular complexity index is 1050. The van der Waals surface area contributed by atoms with Gasteiger partial charge in [-0.1, -0.05) is 24.3 Å². The molecule has 1 heterocycles. The molecule has 0 aliphatic carbocycles. The molecule has 29 heavy (non-hydrogen) atoms. The average Bonchev–Trinajstić information content (AvgIpc) is 2.69. The summed E-state index contributed by atoms with van der Waals surface area (Å²) in [4.78, 5) is 0.542. The van der Waals surface area contributed by atoms with Crippen LogP contribution in [0.4, 0.5) is 23.2 Å². The predicted octanol–water partition coefficient (Wildman–Crippen LogP) is 7.28. The van der Waals surface area contributed by atoms with Gasteiger partial charge in [0.05, 0.1) is 11.3 Å². The van der Waals surface area contributed by atoms with E-state index in [4.69, 9.17) is 0 Å². The van der Waals surface area contributed by atoms with Gasteiger partial charge in [-0.05, 0) is 90.4 Å². The predicted molar refractivity (Wildman–Crippen MR) is 110 cm³/mol. The summed E-state index contributed by atoms with van der Waals surface area (Å²) in [5.74, 6) is -0.293. The lowest BCUT2D eigenvalue weighted by Crippen LogP contribution is -2.22. The first-order chi connectivity index (χ1) is 13.8. The van der Waals surface area contributed by atoms with Crippen LogP contribution in [0.15, 0.2) is 65.6 Å². The highest BCUT2D eigenvalue weighted by molar-refractivity contribution is 8.00. The van der Waals surface area contributed by atoms with Gasteiger partial charge in [0, 0.05) is 11.4 Å². The van der Waals surface area contributed by atoms with E-state index in [2.05, 4.69) is 0 Å². The van der Waals surface area contributed by atoms with Crippen LogP contribution in [0.3, 0.4) is 0 Å². The van der Waals surface area contributed by atoms with Gasteiger partial charge in [-0.3, -0.25) is 0 Å². The fourth-order valence-corrected chi connectivity index (χ4v) is 4.63. The molecule has 150 valence electrons. The molecule has 1 aliphatic rings. The first kappa shape index (κ1) is 19.8. The minimum absolute atomic E-state index is 0.293. The molecule has 0 amide bonds. The zero-order chi connectivity index (χ0) is 20.6. The summed E-state index contributed by atoms with van der Waals surface area (Å²) in [5, 5.41) is 0. The van der Waals surface area contributed by atoms with Gasteiger partial charge in [-0.25, -0.2) is 4.39 Å². The molecule has 0 N–H and O–H groups in total. The van der Waals surface area contributed by atoms with E-state index in [0.717, 1.165) is 53.4 Å². The first-order valence-corrected chi connectivity index (χ1v) is 10.1.